The third-order valence-electron chi connectivity index (χ3n) is 4.17. The van der Waals surface area contributed by atoms with Gasteiger partial charge in [0.2, 0.25) is 5.95 Å². The van der Waals surface area contributed by atoms with Crippen LogP contribution in [0.4, 0.5) is 27.8 Å². The molecule has 1 fully saturated rings. The van der Waals surface area contributed by atoms with Crippen LogP contribution in [0.15, 0.2) is 67.0 Å². The van der Waals surface area contributed by atoms with E-state index >= 15 is 0 Å². The summed E-state index contributed by atoms with van der Waals surface area (Å²) in [5.41, 5.74) is 2.06. The largest absolute Gasteiger partial charge is 0.329 e. The third kappa shape index (κ3) is 4.03. The van der Waals surface area contributed by atoms with Gasteiger partial charge >= 0.3 is 6.03 Å². The summed E-state index contributed by atoms with van der Waals surface area (Å²) in [6, 6.07) is 14.6. The lowest BCUT2D eigenvalue weighted by atomic mass is 10.2. The summed E-state index contributed by atoms with van der Waals surface area (Å²) in [5, 5.41) is 8.27. The van der Waals surface area contributed by atoms with Gasteiger partial charge in [0, 0.05) is 29.3 Å². The van der Waals surface area contributed by atoms with Crippen LogP contribution >= 0.6 is 0 Å². The van der Waals surface area contributed by atoms with Crippen molar-refractivity contribution in [1.29, 1.82) is 0 Å². The number of anilines is 4. The van der Waals surface area contributed by atoms with Crippen molar-refractivity contribution in [2.45, 2.75) is 0 Å². The van der Waals surface area contributed by atoms with Crippen LogP contribution in [-0.4, -0.2) is 34.4 Å². The van der Waals surface area contributed by atoms with Gasteiger partial charge in [0.25, 0.3) is 11.8 Å². The number of imide groups is 1. The number of urea groups is 1. The Labute approximate surface area is 165 Å². The second-order valence-electron chi connectivity index (χ2n) is 6.17. The number of hydrogen-bond donors (Lipinski definition) is 3. The van der Waals surface area contributed by atoms with Gasteiger partial charge in [-0.1, -0.05) is 6.07 Å². The zero-order valence-corrected chi connectivity index (χ0v) is 15.1. The molecule has 9 heteroatoms. The van der Waals surface area contributed by atoms with Crippen LogP contribution < -0.4 is 20.9 Å². The first kappa shape index (κ1) is 18.1. The highest BCUT2D eigenvalue weighted by Gasteiger charge is 2.30. The Morgan fingerprint density at radius 2 is 1.72 bits per heavy atom. The first-order valence-corrected chi connectivity index (χ1v) is 8.76. The fourth-order valence-electron chi connectivity index (χ4n) is 2.81. The molecule has 3 aromatic rings. The smallest absolute Gasteiger partial charge is 0.328 e. The lowest BCUT2D eigenvalue weighted by molar-refractivity contribution is -0.115. The number of carbonyl (C=O) groups is 3. The maximum Gasteiger partial charge on any atom is 0.329 e. The highest BCUT2D eigenvalue weighted by molar-refractivity contribution is 6.20. The molecule has 0 aliphatic carbocycles. The molecule has 0 bridgehead atoms. The number of nitrogens with one attached hydrogen (secondary N) is 3. The van der Waals surface area contributed by atoms with Gasteiger partial charge in [0.05, 0.1) is 12.2 Å². The first-order valence-electron chi connectivity index (χ1n) is 8.76. The Bertz CT molecular complexity index is 1050. The Morgan fingerprint density at radius 1 is 0.966 bits per heavy atom. The standard InChI is InChI=1S/C20H16N6O3/c27-17-12-23-20(29)26(17)16-4-1-3-15(11-16)24-18(28)13-5-7-14(8-6-13)25-19-21-9-2-10-22-19/h1-11H,12H2,(H,23,29)(H,24,28)(H,21,22,25). The molecule has 0 atom stereocenters. The van der Waals surface area contributed by atoms with Crippen molar-refractivity contribution in [3.63, 3.8) is 0 Å². The molecule has 2 heterocycles. The topological polar surface area (TPSA) is 116 Å². The molecule has 1 saturated heterocycles. The van der Waals surface area contributed by atoms with E-state index in [0.29, 0.717) is 22.9 Å². The molecule has 3 N–H and O–H groups in total. The van der Waals surface area contributed by atoms with Crippen molar-refractivity contribution in [1.82, 2.24) is 15.3 Å². The number of rotatable bonds is 5. The zero-order chi connectivity index (χ0) is 20.2. The van der Waals surface area contributed by atoms with Gasteiger partial charge in [0.15, 0.2) is 0 Å². The van der Waals surface area contributed by atoms with E-state index in [1.54, 1.807) is 67.0 Å². The Kier molecular flexibility index (Phi) is 4.85. The van der Waals surface area contributed by atoms with Crippen LogP contribution in [0, 0.1) is 0 Å². The zero-order valence-electron chi connectivity index (χ0n) is 15.1. The van der Waals surface area contributed by atoms with E-state index in [9.17, 15) is 14.4 Å². The van der Waals surface area contributed by atoms with Crippen molar-refractivity contribution in [3.05, 3.63) is 72.6 Å². The maximum absolute atomic E-state index is 12.5. The predicted octanol–water partition coefficient (Wildman–Crippen LogP) is 2.53. The van der Waals surface area contributed by atoms with E-state index < -0.39 is 6.03 Å². The molecule has 1 aliphatic heterocycles. The minimum Gasteiger partial charge on any atom is -0.328 e. The first-order chi connectivity index (χ1) is 14.1. The van der Waals surface area contributed by atoms with E-state index in [0.717, 1.165) is 10.6 Å². The lowest BCUT2D eigenvalue weighted by Crippen LogP contribution is -2.30. The van der Waals surface area contributed by atoms with E-state index in [-0.39, 0.29) is 18.4 Å². The molecule has 1 aliphatic rings. The summed E-state index contributed by atoms with van der Waals surface area (Å²) in [7, 11) is 0. The Hall–Kier alpha value is -4.27. The molecule has 29 heavy (non-hydrogen) atoms. The number of carbonyl (C=O) groups excluding carboxylic acids is 3. The van der Waals surface area contributed by atoms with E-state index in [1.807, 2.05) is 0 Å². The lowest BCUT2D eigenvalue weighted by Gasteiger charge is -2.14. The predicted molar refractivity (Wildman–Crippen MR) is 107 cm³/mol. The minimum absolute atomic E-state index is 0.0379. The fourth-order valence-corrected chi connectivity index (χ4v) is 2.81. The summed E-state index contributed by atoms with van der Waals surface area (Å²) in [5.74, 6) is -0.201. The third-order valence-corrected chi connectivity index (χ3v) is 4.17. The normalized spacial score (nSPS) is 13.2. The molecule has 0 saturated carbocycles. The van der Waals surface area contributed by atoms with Crippen LogP contribution in [0.2, 0.25) is 0 Å². The van der Waals surface area contributed by atoms with Gasteiger partial charge in [-0.2, -0.15) is 0 Å². The van der Waals surface area contributed by atoms with Crippen molar-refractivity contribution >= 4 is 40.9 Å². The average molecular weight is 388 g/mol. The Morgan fingerprint density at radius 3 is 2.41 bits per heavy atom. The Balaban J connectivity index is 1.45. The van der Waals surface area contributed by atoms with Gasteiger partial charge in [-0.25, -0.2) is 19.7 Å². The molecule has 0 unspecified atom stereocenters. The van der Waals surface area contributed by atoms with Gasteiger partial charge < -0.3 is 16.0 Å². The minimum atomic E-state index is -0.482. The highest BCUT2D eigenvalue weighted by Crippen LogP contribution is 2.22. The molecular weight excluding hydrogens is 372 g/mol. The molecule has 0 radical (unpaired) electrons. The molecular formula is C20H16N6O3. The van der Waals surface area contributed by atoms with Crippen LogP contribution in [-0.2, 0) is 4.79 Å². The molecule has 4 amide bonds. The van der Waals surface area contributed by atoms with Crippen LogP contribution in [0.5, 0.6) is 0 Å². The van der Waals surface area contributed by atoms with E-state index in [4.69, 9.17) is 0 Å². The SMILES string of the molecule is O=C(Nc1cccc(N2C(=O)CNC2=O)c1)c1ccc(Nc2ncccn2)cc1. The van der Waals surface area contributed by atoms with Gasteiger partial charge in [-0.15, -0.1) is 0 Å². The van der Waals surface area contributed by atoms with Crippen LogP contribution in [0.25, 0.3) is 0 Å². The number of amides is 4. The summed E-state index contributed by atoms with van der Waals surface area (Å²) in [4.78, 5) is 45.4. The molecule has 144 valence electrons. The monoisotopic (exact) mass is 388 g/mol. The van der Waals surface area contributed by atoms with E-state index in [2.05, 4.69) is 25.9 Å². The van der Waals surface area contributed by atoms with Gasteiger partial charge in [0.1, 0.15) is 0 Å². The van der Waals surface area contributed by atoms with E-state index in [1.165, 1.54) is 0 Å². The maximum atomic E-state index is 12.5. The molecule has 2 aromatic carbocycles. The van der Waals surface area contributed by atoms with Crippen molar-refractivity contribution in [2.24, 2.45) is 0 Å². The molecule has 4 rings (SSSR count). The molecule has 0 spiro atoms. The number of aromatic nitrogens is 2. The molecule has 1 aromatic heterocycles. The summed E-state index contributed by atoms with van der Waals surface area (Å²) in [6.45, 7) is -0.0379. The van der Waals surface area contributed by atoms with Crippen LogP contribution in [0.1, 0.15) is 10.4 Å². The number of hydrogen-bond acceptors (Lipinski definition) is 6. The second-order valence-corrected chi connectivity index (χ2v) is 6.17. The van der Waals surface area contributed by atoms with Crippen molar-refractivity contribution in [3.8, 4) is 0 Å². The summed E-state index contributed by atoms with van der Waals surface area (Å²) < 4.78 is 0. The average Bonchev–Trinajstić information content (AvgIpc) is 3.07. The van der Waals surface area contributed by atoms with Crippen molar-refractivity contribution in [2.75, 3.05) is 22.1 Å². The quantitative estimate of drug-likeness (QED) is 0.579. The van der Waals surface area contributed by atoms with Gasteiger partial charge in [-0.3, -0.25) is 9.59 Å². The van der Waals surface area contributed by atoms with Gasteiger partial charge in [-0.05, 0) is 48.5 Å². The number of benzene rings is 2. The highest BCUT2D eigenvalue weighted by atomic mass is 16.2. The molecule has 9 nitrogen and oxygen atoms in total. The summed E-state index contributed by atoms with van der Waals surface area (Å²) >= 11 is 0. The van der Waals surface area contributed by atoms with Crippen LogP contribution in [0.3, 0.4) is 0 Å². The second kappa shape index (κ2) is 7.77. The number of nitrogens with zero attached hydrogens (tertiary/aromatic N) is 3. The summed E-state index contributed by atoms with van der Waals surface area (Å²) in [6.07, 6.45) is 3.26. The van der Waals surface area contributed by atoms with Crippen molar-refractivity contribution < 1.29 is 14.4 Å². The fraction of sp³-hybridized carbons (Fsp3) is 0.0500.